The molecule has 0 aromatic heterocycles. The molecule has 10 heteroatoms. The third-order valence-electron chi connectivity index (χ3n) is 4.56. The number of amides is 2. The molecule has 0 radical (unpaired) electrons. The van der Waals surface area contributed by atoms with Gasteiger partial charge in [0.1, 0.15) is 10.6 Å². The number of benzene rings is 3. The van der Waals surface area contributed by atoms with Crippen molar-refractivity contribution in [3.05, 3.63) is 82.9 Å². The average molecular weight is 488 g/mol. The molecule has 0 aliphatic carbocycles. The van der Waals surface area contributed by atoms with Gasteiger partial charge in [-0.25, -0.2) is 13.1 Å². The normalized spacial score (nSPS) is 11.0. The van der Waals surface area contributed by atoms with E-state index in [1.54, 1.807) is 48.5 Å². The fourth-order valence-corrected chi connectivity index (χ4v) is 4.27. The van der Waals surface area contributed by atoms with Gasteiger partial charge in [-0.3, -0.25) is 9.59 Å². The van der Waals surface area contributed by atoms with Crippen LogP contribution in [0, 0.1) is 0 Å². The molecule has 3 rings (SSSR count). The molecule has 0 heterocycles. The van der Waals surface area contributed by atoms with Gasteiger partial charge in [0.15, 0.2) is 0 Å². The quantitative estimate of drug-likeness (QED) is 0.443. The highest BCUT2D eigenvalue weighted by Gasteiger charge is 2.22. The van der Waals surface area contributed by atoms with Gasteiger partial charge >= 0.3 is 0 Å². The summed E-state index contributed by atoms with van der Waals surface area (Å²) in [4.78, 5) is 23.7. The van der Waals surface area contributed by atoms with E-state index < -0.39 is 15.9 Å². The van der Waals surface area contributed by atoms with Gasteiger partial charge in [-0.2, -0.15) is 0 Å². The Labute approximate surface area is 197 Å². The van der Waals surface area contributed by atoms with Crippen LogP contribution >= 0.6 is 11.6 Å². The minimum Gasteiger partial charge on any atom is -0.495 e. The fourth-order valence-electron chi connectivity index (χ4n) is 2.93. The third kappa shape index (κ3) is 6.55. The second kappa shape index (κ2) is 10.5. The van der Waals surface area contributed by atoms with E-state index in [0.717, 1.165) is 5.56 Å². The van der Waals surface area contributed by atoms with Crippen molar-refractivity contribution < 1.29 is 22.7 Å². The number of nitrogens with one attached hydrogen (secondary N) is 3. The molecule has 2 amide bonds. The van der Waals surface area contributed by atoms with E-state index in [1.807, 2.05) is 0 Å². The fraction of sp³-hybridized carbons (Fsp3) is 0.130. The van der Waals surface area contributed by atoms with Gasteiger partial charge in [0, 0.05) is 35.4 Å². The molecule has 0 unspecified atom stereocenters. The number of ether oxygens (including phenoxy) is 1. The molecule has 8 nitrogen and oxygen atoms in total. The molecular weight excluding hydrogens is 466 g/mol. The second-order valence-electron chi connectivity index (χ2n) is 7.03. The van der Waals surface area contributed by atoms with Gasteiger partial charge in [-0.1, -0.05) is 23.7 Å². The van der Waals surface area contributed by atoms with Crippen LogP contribution in [0.15, 0.2) is 71.6 Å². The van der Waals surface area contributed by atoms with Crippen molar-refractivity contribution in [2.75, 3.05) is 17.7 Å². The number of hydrogen-bond donors (Lipinski definition) is 3. The van der Waals surface area contributed by atoms with Crippen molar-refractivity contribution >= 4 is 44.8 Å². The Kier molecular flexibility index (Phi) is 7.70. The van der Waals surface area contributed by atoms with Crippen LogP contribution in [-0.4, -0.2) is 27.3 Å². The van der Waals surface area contributed by atoms with Crippen molar-refractivity contribution in [3.63, 3.8) is 0 Å². The summed E-state index contributed by atoms with van der Waals surface area (Å²) < 4.78 is 33.6. The highest BCUT2D eigenvalue weighted by molar-refractivity contribution is 7.89. The van der Waals surface area contributed by atoms with Crippen molar-refractivity contribution in [2.24, 2.45) is 0 Å². The Morgan fingerprint density at radius 2 is 1.52 bits per heavy atom. The summed E-state index contributed by atoms with van der Waals surface area (Å²) in [6, 6.07) is 17.4. The molecule has 3 N–H and O–H groups in total. The maximum atomic E-state index is 12.9. The zero-order chi connectivity index (χ0) is 24.0. The number of sulfonamides is 1. The maximum absolute atomic E-state index is 12.9. The zero-order valence-corrected chi connectivity index (χ0v) is 19.5. The average Bonchev–Trinajstić information content (AvgIpc) is 2.79. The molecule has 0 atom stereocenters. The Hall–Kier alpha value is -3.40. The van der Waals surface area contributed by atoms with E-state index in [0.29, 0.717) is 16.4 Å². The molecule has 0 bridgehead atoms. The minimum absolute atomic E-state index is 0.0414. The summed E-state index contributed by atoms with van der Waals surface area (Å²) in [7, 11) is -2.63. The van der Waals surface area contributed by atoms with Gasteiger partial charge in [-0.05, 0) is 60.2 Å². The summed E-state index contributed by atoms with van der Waals surface area (Å²) in [6.45, 7) is 1.44. The highest BCUT2D eigenvalue weighted by atomic mass is 35.5. The molecule has 3 aromatic rings. The molecule has 3 aromatic carbocycles. The molecule has 0 aliphatic heterocycles. The van der Waals surface area contributed by atoms with Crippen LogP contribution in [0.4, 0.5) is 11.4 Å². The summed E-state index contributed by atoms with van der Waals surface area (Å²) in [6.07, 6.45) is 0. The molecule has 0 fully saturated rings. The smallest absolute Gasteiger partial charge is 0.255 e. The monoisotopic (exact) mass is 487 g/mol. The number of rotatable bonds is 8. The predicted molar refractivity (Wildman–Crippen MR) is 127 cm³/mol. The molecule has 172 valence electrons. The van der Waals surface area contributed by atoms with E-state index in [4.69, 9.17) is 16.3 Å². The van der Waals surface area contributed by atoms with Crippen molar-refractivity contribution in [1.82, 2.24) is 4.72 Å². The number of halogens is 1. The number of carbonyl (C=O) groups excluding carboxylic acids is 2. The summed E-state index contributed by atoms with van der Waals surface area (Å²) in [5.41, 5.74) is 1.92. The van der Waals surface area contributed by atoms with E-state index in [1.165, 1.54) is 32.2 Å². The van der Waals surface area contributed by atoms with Crippen LogP contribution < -0.4 is 20.1 Å². The zero-order valence-electron chi connectivity index (χ0n) is 17.9. The first-order valence-corrected chi connectivity index (χ1v) is 11.7. The molecule has 0 spiro atoms. The second-order valence-corrected chi connectivity index (χ2v) is 9.20. The highest BCUT2D eigenvalue weighted by Crippen LogP contribution is 2.26. The van der Waals surface area contributed by atoms with E-state index >= 15 is 0 Å². The summed E-state index contributed by atoms with van der Waals surface area (Å²) >= 11 is 5.86. The Balaban J connectivity index is 1.78. The number of methoxy groups -OCH3 is 1. The van der Waals surface area contributed by atoms with Crippen LogP contribution in [0.2, 0.25) is 5.02 Å². The van der Waals surface area contributed by atoms with Crippen LogP contribution in [0.1, 0.15) is 22.8 Å². The number of hydrogen-bond acceptors (Lipinski definition) is 5. The SMILES string of the molecule is COc1ccc(C(=O)Nc2ccc(NC(C)=O)cc2)cc1S(=O)(=O)NCc1ccc(Cl)cc1. The van der Waals surface area contributed by atoms with Crippen molar-refractivity contribution in [2.45, 2.75) is 18.4 Å². The van der Waals surface area contributed by atoms with E-state index in [-0.39, 0.29) is 28.7 Å². The van der Waals surface area contributed by atoms with Gasteiger partial charge in [0.2, 0.25) is 15.9 Å². The summed E-state index contributed by atoms with van der Waals surface area (Å²) in [5.74, 6) is -0.600. The Morgan fingerprint density at radius 1 is 0.909 bits per heavy atom. The topological polar surface area (TPSA) is 114 Å². The van der Waals surface area contributed by atoms with Gasteiger partial charge in [-0.15, -0.1) is 0 Å². The lowest BCUT2D eigenvalue weighted by molar-refractivity contribution is -0.114. The van der Waals surface area contributed by atoms with Crippen molar-refractivity contribution in [3.8, 4) is 5.75 Å². The molecular formula is C23H22ClN3O5S. The lowest BCUT2D eigenvalue weighted by Gasteiger charge is -2.13. The lowest BCUT2D eigenvalue weighted by Crippen LogP contribution is -2.24. The first kappa shape index (κ1) is 24.2. The number of carbonyl (C=O) groups is 2. The predicted octanol–water partition coefficient (Wildman–Crippen LogP) is 4.04. The summed E-state index contributed by atoms with van der Waals surface area (Å²) in [5, 5.41) is 5.88. The van der Waals surface area contributed by atoms with E-state index in [9.17, 15) is 18.0 Å². The van der Waals surface area contributed by atoms with Gasteiger partial charge in [0.25, 0.3) is 5.91 Å². The molecule has 33 heavy (non-hydrogen) atoms. The number of anilines is 2. The van der Waals surface area contributed by atoms with Gasteiger partial charge in [0.05, 0.1) is 7.11 Å². The van der Waals surface area contributed by atoms with Gasteiger partial charge < -0.3 is 15.4 Å². The largest absolute Gasteiger partial charge is 0.495 e. The van der Waals surface area contributed by atoms with Crippen LogP contribution in [-0.2, 0) is 21.4 Å². The molecule has 0 saturated heterocycles. The standard InChI is InChI=1S/C23H22ClN3O5S/c1-15(28)26-19-8-10-20(11-9-19)27-23(29)17-5-12-21(32-2)22(13-17)33(30,31)25-14-16-3-6-18(24)7-4-16/h3-13,25H,14H2,1-2H3,(H,26,28)(H,27,29). The Bertz CT molecular complexity index is 1260. The van der Waals surface area contributed by atoms with Crippen LogP contribution in [0.3, 0.4) is 0 Å². The third-order valence-corrected chi connectivity index (χ3v) is 6.23. The first-order chi connectivity index (χ1) is 15.7. The van der Waals surface area contributed by atoms with Crippen LogP contribution in [0.5, 0.6) is 5.75 Å². The lowest BCUT2D eigenvalue weighted by atomic mass is 10.2. The van der Waals surface area contributed by atoms with Crippen molar-refractivity contribution in [1.29, 1.82) is 0 Å². The Morgan fingerprint density at radius 3 is 2.09 bits per heavy atom. The molecule has 0 saturated carbocycles. The maximum Gasteiger partial charge on any atom is 0.255 e. The minimum atomic E-state index is -3.99. The van der Waals surface area contributed by atoms with Crippen LogP contribution in [0.25, 0.3) is 0 Å². The molecule has 0 aliphatic rings. The first-order valence-electron chi connectivity index (χ1n) is 9.79. The van der Waals surface area contributed by atoms with E-state index in [2.05, 4.69) is 15.4 Å².